The molecule has 256 valence electrons. The van der Waals surface area contributed by atoms with Gasteiger partial charge in [0.2, 0.25) is 0 Å². The third kappa shape index (κ3) is 4.48. The summed E-state index contributed by atoms with van der Waals surface area (Å²) in [4.78, 5) is 0. The van der Waals surface area contributed by atoms with Gasteiger partial charge in [0.05, 0.1) is 0 Å². The Kier molecular flexibility index (Phi) is 6.54. The van der Waals surface area contributed by atoms with Crippen LogP contribution in [0.25, 0.3) is 119 Å². The zero-order valence-electron chi connectivity index (χ0n) is 29.5. The number of hydrogen-bond donors (Lipinski definition) is 0. The molecular formula is C52H30O2S. The van der Waals surface area contributed by atoms with Crippen molar-refractivity contribution in [3.8, 4) is 44.7 Å². The maximum atomic E-state index is 6.83. The van der Waals surface area contributed by atoms with Gasteiger partial charge in [-0.15, -0.1) is 11.3 Å². The van der Waals surface area contributed by atoms with Crippen molar-refractivity contribution in [1.29, 1.82) is 0 Å². The van der Waals surface area contributed by atoms with E-state index in [9.17, 15) is 0 Å². The van der Waals surface area contributed by atoms with Crippen LogP contribution >= 0.6 is 11.3 Å². The molecule has 2 nitrogen and oxygen atoms in total. The molecule has 0 fully saturated rings. The number of furan rings is 2. The van der Waals surface area contributed by atoms with E-state index < -0.39 is 0 Å². The van der Waals surface area contributed by atoms with Gasteiger partial charge in [0.15, 0.2) is 11.2 Å². The molecule has 0 saturated carbocycles. The van der Waals surface area contributed by atoms with Crippen molar-refractivity contribution in [1.82, 2.24) is 0 Å². The minimum Gasteiger partial charge on any atom is -0.452 e. The third-order valence-electron chi connectivity index (χ3n) is 11.3. The van der Waals surface area contributed by atoms with Crippen LogP contribution in [0.1, 0.15) is 0 Å². The van der Waals surface area contributed by atoms with Gasteiger partial charge < -0.3 is 8.83 Å². The number of benzene rings is 9. The summed E-state index contributed by atoms with van der Waals surface area (Å²) < 4.78 is 16.2. The summed E-state index contributed by atoms with van der Waals surface area (Å²) >= 11 is 1.87. The SMILES string of the molecule is c1ccc(-c2oc3c(ccc4c5cc(-c6c7ccccc7c(-c7cccc8sc9ccccc9c78)c7ccccc67)ccc5oc43)c2-c2ccccc2)cc1. The molecule has 55 heavy (non-hydrogen) atoms. The van der Waals surface area contributed by atoms with E-state index in [1.54, 1.807) is 0 Å². The lowest BCUT2D eigenvalue weighted by Crippen LogP contribution is -1.91. The van der Waals surface area contributed by atoms with Crippen LogP contribution in [0.3, 0.4) is 0 Å². The van der Waals surface area contributed by atoms with Crippen LogP contribution in [0.4, 0.5) is 0 Å². The monoisotopic (exact) mass is 718 g/mol. The van der Waals surface area contributed by atoms with Gasteiger partial charge in [0.1, 0.15) is 11.3 Å². The highest BCUT2D eigenvalue weighted by atomic mass is 32.1. The van der Waals surface area contributed by atoms with Crippen LogP contribution in [0.15, 0.2) is 191 Å². The van der Waals surface area contributed by atoms with E-state index in [1.807, 2.05) is 17.4 Å². The van der Waals surface area contributed by atoms with Crippen molar-refractivity contribution in [2.24, 2.45) is 0 Å². The summed E-state index contributed by atoms with van der Waals surface area (Å²) in [5.41, 5.74) is 10.5. The Morgan fingerprint density at radius 3 is 1.64 bits per heavy atom. The van der Waals surface area contributed by atoms with Crippen molar-refractivity contribution < 1.29 is 8.83 Å². The van der Waals surface area contributed by atoms with Gasteiger partial charge in [-0.05, 0) is 85.8 Å². The second-order valence-electron chi connectivity index (χ2n) is 14.3. The number of hydrogen-bond acceptors (Lipinski definition) is 3. The van der Waals surface area contributed by atoms with Gasteiger partial charge in [0.25, 0.3) is 0 Å². The predicted molar refractivity (Wildman–Crippen MR) is 233 cm³/mol. The highest BCUT2D eigenvalue weighted by Gasteiger charge is 2.24. The molecule has 3 aromatic heterocycles. The molecule has 0 spiro atoms. The van der Waals surface area contributed by atoms with Crippen molar-refractivity contribution >= 4 is 86.0 Å². The summed E-state index contributed by atoms with van der Waals surface area (Å²) in [7, 11) is 0. The molecule has 12 rings (SSSR count). The summed E-state index contributed by atoms with van der Waals surface area (Å²) in [5, 5.41) is 10.7. The standard InChI is InChI=1S/C52H30O2S/c1-3-14-31(15-4-1)47-41-28-27-38-42-30-33(26-29-43(42)53-51(38)52(41)54-50(47)32-16-5-2-6-17-32)46-34-18-7-9-20-36(34)48(37-21-10-8-19-35(37)46)40-23-13-25-45-49(40)39-22-11-12-24-44(39)55-45/h1-30H. The van der Waals surface area contributed by atoms with Crippen LogP contribution in [0.5, 0.6) is 0 Å². The second kappa shape index (κ2) is 11.8. The Hall–Kier alpha value is -6.94. The van der Waals surface area contributed by atoms with Gasteiger partial charge in [-0.3, -0.25) is 0 Å². The molecule has 3 heteroatoms. The van der Waals surface area contributed by atoms with E-state index in [0.717, 1.165) is 60.9 Å². The second-order valence-corrected chi connectivity index (χ2v) is 15.4. The molecule has 12 aromatic rings. The minimum absolute atomic E-state index is 0.767. The highest BCUT2D eigenvalue weighted by Crippen LogP contribution is 2.49. The van der Waals surface area contributed by atoms with Gasteiger partial charge in [0, 0.05) is 47.5 Å². The molecule has 0 saturated heterocycles. The fourth-order valence-electron chi connectivity index (χ4n) is 8.94. The Morgan fingerprint density at radius 1 is 0.327 bits per heavy atom. The van der Waals surface area contributed by atoms with E-state index >= 15 is 0 Å². The summed E-state index contributed by atoms with van der Waals surface area (Å²) in [6.07, 6.45) is 0. The predicted octanol–water partition coefficient (Wildman–Crippen LogP) is 15.7. The molecule has 0 radical (unpaired) electrons. The van der Waals surface area contributed by atoms with E-state index in [1.165, 1.54) is 58.4 Å². The van der Waals surface area contributed by atoms with Crippen molar-refractivity contribution in [2.45, 2.75) is 0 Å². The van der Waals surface area contributed by atoms with Crippen LogP contribution in [0.2, 0.25) is 0 Å². The average molecular weight is 719 g/mol. The Balaban J connectivity index is 1.11. The lowest BCUT2D eigenvalue weighted by molar-refractivity contribution is 0.612. The molecule has 0 unspecified atom stereocenters. The van der Waals surface area contributed by atoms with Gasteiger partial charge in [-0.25, -0.2) is 0 Å². The fourth-order valence-corrected chi connectivity index (χ4v) is 10.1. The molecule has 0 bridgehead atoms. The Morgan fingerprint density at radius 2 is 0.909 bits per heavy atom. The maximum absolute atomic E-state index is 6.83. The fraction of sp³-hybridized carbons (Fsp3) is 0. The van der Waals surface area contributed by atoms with E-state index in [-0.39, 0.29) is 0 Å². The first-order valence-corrected chi connectivity index (χ1v) is 19.5. The molecule has 0 atom stereocenters. The first kappa shape index (κ1) is 30.5. The third-order valence-corrected chi connectivity index (χ3v) is 12.4. The van der Waals surface area contributed by atoms with Crippen LogP contribution in [0, 0.1) is 0 Å². The smallest absolute Gasteiger partial charge is 0.178 e. The average Bonchev–Trinajstić information content (AvgIpc) is 3.95. The minimum atomic E-state index is 0.767. The normalized spacial score (nSPS) is 12.0. The van der Waals surface area contributed by atoms with Crippen molar-refractivity contribution in [3.63, 3.8) is 0 Å². The highest BCUT2D eigenvalue weighted by molar-refractivity contribution is 7.26. The maximum Gasteiger partial charge on any atom is 0.178 e. The molecule has 3 heterocycles. The molecule has 9 aromatic carbocycles. The van der Waals surface area contributed by atoms with E-state index in [0.29, 0.717) is 0 Å². The Bertz CT molecular complexity index is 3420. The molecule has 0 amide bonds. The Labute approximate surface area is 320 Å². The zero-order valence-corrected chi connectivity index (χ0v) is 30.4. The molecule has 0 N–H and O–H groups in total. The number of fused-ring (bicyclic) bond motifs is 10. The topological polar surface area (TPSA) is 26.3 Å². The van der Waals surface area contributed by atoms with Crippen molar-refractivity contribution in [3.05, 3.63) is 182 Å². The molecular weight excluding hydrogens is 689 g/mol. The summed E-state index contributed by atoms with van der Waals surface area (Å²) in [6.45, 7) is 0. The van der Waals surface area contributed by atoms with E-state index in [4.69, 9.17) is 8.83 Å². The number of thiophene rings is 1. The molecule has 0 aliphatic heterocycles. The number of rotatable bonds is 4. The quantitative estimate of drug-likeness (QED) is 0.169. The zero-order chi connectivity index (χ0) is 36.0. The van der Waals surface area contributed by atoms with Crippen LogP contribution in [-0.4, -0.2) is 0 Å². The first-order valence-electron chi connectivity index (χ1n) is 18.7. The van der Waals surface area contributed by atoms with Crippen LogP contribution < -0.4 is 0 Å². The van der Waals surface area contributed by atoms with Crippen LogP contribution in [-0.2, 0) is 0 Å². The molecule has 0 aliphatic carbocycles. The lowest BCUT2D eigenvalue weighted by Gasteiger charge is -2.18. The summed E-state index contributed by atoms with van der Waals surface area (Å²) in [5.74, 6) is 0.847. The van der Waals surface area contributed by atoms with Gasteiger partial charge >= 0.3 is 0 Å². The molecule has 0 aliphatic rings. The van der Waals surface area contributed by atoms with Crippen molar-refractivity contribution in [2.75, 3.05) is 0 Å². The first-order chi connectivity index (χ1) is 27.3. The van der Waals surface area contributed by atoms with E-state index in [2.05, 4.69) is 176 Å². The lowest BCUT2D eigenvalue weighted by atomic mass is 9.85. The summed E-state index contributed by atoms with van der Waals surface area (Å²) in [6, 6.07) is 65.3. The largest absolute Gasteiger partial charge is 0.452 e. The van der Waals surface area contributed by atoms with Gasteiger partial charge in [-0.1, -0.05) is 146 Å². The van der Waals surface area contributed by atoms with Gasteiger partial charge in [-0.2, -0.15) is 0 Å².